The average Bonchev–Trinajstić information content (AvgIpc) is 3.53. The second-order valence-corrected chi connectivity index (χ2v) is 8.20. The van der Waals surface area contributed by atoms with E-state index in [1.54, 1.807) is 12.4 Å². The normalized spacial score (nSPS) is 25.7. The van der Waals surface area contributed by atoms with Gasteiger partial charge in [0.15, 0.2) is 5.72 Å². The number of amides is 1. The van der Waals surface area contributed by atoms with Gasteiger partial charge in [-0.15, -0.1) is 0 Å². The number of benzene rings is 1. The van der Waals surface area contributed by atoms with Crippen molar-refractivity contribution in [2.24, 2.45) is 0 Å². The predicted molar refractivity (Wildman–Crippen MR) is 111 cm³/mol. The molecule has 3 aliphatic rings. The van der Waals surface area contributed by atoms with Crippen LogP contribution in [0.5, 0.6) is 0 Å². The molecule has 3 saturated heterocycles. The summed E-state index contributed by atoms with van der Waals surface area (Å²) in [5.41, 5.74) is 3.76. The minimum atomic E-state index is -0.413. The highest BCUT2D eigenvalue weighted by Crippen LogP contribution is 2.46. The molecule has 0 N–H and O–H groups in total. The Morgan fingerprint density at radius 3 is 2.77 bits per heavy atom. The van der Waals surface area contributed by atoms with Gasteiger partial charge in [0, 0.05) is 62.2 Å². The number of para-hydroxylation sites is 1. The van der Waals surface area contributed by atoms with Crippen LogP contribution in [-0.2, 0) is 16.1 Å². The van der Waals surface area contributed by atoms with Gasteiger partial charge < -0.3 is 9.64 Å². The Morgan fingerprint density at radius 2 is 1.93 bits per heavy atom. The van der Waals surface area contributed by atoms with Gasteiger partial charge in [-0.3, -0.25) is 14.7 Å². The van der Waals surface area contributed by atoms with Gasteiger partial charge in [-0.05, 0) is 24.3 Å². The smallest absolute Gasteiger partial charge is 0.226 e. The Bertz CT molecular complexity index is 1080. The second kappa shape index (κ2) is 6.75. The monoisotopic (exact) mass is 401 g/mol. The molecule has 2 atom stereocenters. The van der Waals surface area contributed by atoms with Crippen LogP contribution in [0.1, 0.15) is 18.4 Å². The lowest BCUT2D eigenvalue weighted by Crippen LogP contribution is -2.47. The van der Waals surface area contributed by atoms with Gasteiger partial charge in [-0.2, -0.15) is 5.10 Å². The lowest BCUT2D eigenvalue weighted by Gasteiger charge is -2.31. The first-order valence-electron chi connectivity index (χ1n) is 10.5. The van der Waals surface area contributed by atoms with E-state index in [2.05, 4.69) is 28.2 Å². The van der Waals surface area contributed by atoms with Gasteiger partial charge in [0.25, 0.3) is 0 Å². The summed E-state index contributed by atoms with van der Waals surface area (Å²) < 4.78 is 8.09. The Balaban J connectivity index is 1.37. The minimum Gasteiger partial charge on any atom is -0.352 e. The van der Waals surface area contributed by atoms with Crippen LogP contribution in [0.15, 0.2) is 61.1 Å². The zero-order chi connectivity index (χ0) is 20.1. The summed E-state index contributed by atoms with van der Waals surface area (Å²) in [4.78, 5) is 21.1. The van der Waals surface area contributed by atoms with Gasteiger partial charge >= 0.3 is 0 Å². The van der Waals surface area contributed by atoms with Crippen LogP contribution in [0.25, 0.3) is 16.9 Å². The molecule has 7 heteroatoms. The van der Waals surface area contributed by atoms with Crippen molar-refractivity contribution in [1.82, 2.24) is 24.6 Å². The van der Waals surface area contributed by atoms with E-state index in [1.807, 2.05) is 39.9 Å². The Hall–Kier alpha value is -3.03. The molecule has 1 spiro atoms. The lowest BCUT2D eigenvalue weighted by atomic mass is 10.1. The molecular weight excluding hydrogens is 378 g/mol. The number of hydrogen-bond acceptors (Lipinski definition) is 5. The van der Waals surface area contributed by atoms with Crippen molar-refractivity contribution in [2.75, 3.05) is 19.7 Å². The highest BCUT2D eigenvalue weighted by molar-refractivity contribution is 5.81. The summed E-state index contributed by atoms with van der Waals surface area (Å²) in [5, 5.41) is 4.91. The van der Waals surface area contributed by atoms with Crippen molar-refractivity contribution >= 4 is 5.91 Å². The maximum Gasteiger partial charge on any atom is 0.226 e. The predicted octanol–water partition coefficient (Wildman–Crippen LogP) is 2.47. The topological polar surface area (TPSA) is 63.5 Å². The molecule has 3 fully saturated rings. The summed E-state index contributed by atoms with van der Waals surface area (Å²) >= 11 is 0. The first-order valence-corrected chi connectivity index (χ1v) is 10.5. The van der Waals surface area contributed by atoms with Crippen molar-refractivity contribution in [3.8, 4) is 16.9 Å². The fourth-order valence-corrected chi connectivity index (χ4v) is 5.27. The third-order valence-electron chi connectivity index (χ3n) is 6.65. The van der Waals surface area contributed by atoms with Crippen molar-refractivity contribution in [3.63, 3.8) is 0 Å². The van der Waals surface area contributed by atoms with E-state index in [1.165, 1.54) is 0 Å². The second-order valence-electron chi connectivity index (χ2n) is 8.20. The van der Waals surface area contributed by atoms with Crippen molar-refractivity contribution in [1.29, 1.82) is 0 Å². The number of carbonyl (C=O) groups is 1. The SMILES string of the molecule is O=C1C[C@H]2N(Cc3cn(-c4ccccc4)nc3-c3ccncc3)CC[C@]23OCCN13. The average molecular weight is 401 g/mol. The van der Waals surface area contributed by atoms with E-state index in [0.29, 0.717) is 13.0 Å². The molecule has 30 heavy (non-hydrogen) atoms. The molecule has 0 saturated carbocycles. The van der Waals surface area contributed by atoms with Gasteiger partial charge in [0.1, 0.15) is 0 Å². The summed E-state index contributed by atoms with van der Waals surface area (Å²) in [6.45, 7) is 3.02. The van der Waals surface area contributed by atoms with Gasteiger partial charge in [0.2, 0.25) is 5.91 Å². The maximum atomic E-state index is 12.5. The van der Waals surface area contributed by atoms with E-state index in [-0.39, 0.29) is 11.9 Å². The fourth-order valence-electron chi connectivity index (χ4n) is 5.27. The van der Waals surface area contributed by atoms with Crippen LogP contribution in [0.4, 0.5) is 0 Å². The molecule has 0 bridgehead atoms. The molecule has 3 aromatic rings. The molecule has 2 aromatic heterocycles. The fraction of sp³-hybridized carbons (Fsp3) is 0.348. The van der Waals surface area contributed by atoms with Crippen LogP contribution in [0, 0.1) is 0 Å². The number of nitrogens with zero attached hydrogens (tertiary/aromatic N) is 5. The standard InChI is InChI=1S/C23H23N5O2/c29-21-14-20-23(27(21)12-13-30-23)8-11-26(20)15-18-16-28(19-4-2-1-3-5-19)25-22(18)17-6-9-24-10-7-17/h1-7,9-10,16,20H,8,11-15H2/t20-,23+/m1/s1. The highest BCUT2D eigenvalue weighted by atomic mass is 16.5. The zero-order valence-electron chi connectivity index (χ0n) is 16.6. The van der Waals surface area contributed by atoms with Crippen LogP contribution < -0.4 is 0 Å². The van der Waals surface area contributed by atoms with E-state index < -0.39 is 5.72 Å². The van der Waals surface area contributed by atoms with Crippen LogP contribution >= 0.6 is 0 Å². The number of pyridine rings is 1. The number of aromatic nitrogens is 3. The number of carbonyl (C=O) groups excluding carboxylic acids is 1. The Morgan fingerprint density at radius 1 is 1.10 bits per heavy atom. The van der Waals surface area contributed by atoms with Crippen LogP contribution in [-0.4, -0.2) is 61.9 Å². The molecule has 1 aromatic carbocycles. The third kappa shape index (κ3) is 2.62. The summed E-state index contributed by atoms with van der Waals surface area (Å²) in [6, 6.07) is 14.2. The zero-order valence-corrected chi connectivity index (χ0v) is 16.6. The van der Waals surface area contributed by atoms with Crippen molar-refractivity contribution in [3.05, 3.63) is 66.6 Å². The Labute approximate surface area is 174 Å². The largest absolute Gasteiger partial charge is 0.352 e. The molecule has 152 valence electrons. The molecule has 0 aliphatic carbocycles. The highest BCUT2D eigenvalue weighted by Gasteiger charge is 2.61. The summed E-state index contributed by atoms with van der Waals surface area (Å²) in [5.74, 6) is 0.219. The molecule has 5 heterocycles. The first kappa shape index (κ1) is 17.8. The first-order chi connectivity index (χ1) is 14.7. The van der Waals surface area contributed by atoms with E-state index >= 15 is 0 Å². The van der Waals surface area contributed by atoms with Crippen molar-refractivity contribution < 1.29 is 9.53 Å². The summed E-state index contributed by atoms with van der Waals surface area (Å²) in [6.07, 6.45) is 7.12. The molecular formula is C23H23N5O2. The van der Waals surface area contributed by atoms with E-state index in [0.717, 1.165) is 48.6 Å². The molecule has 1 amide bonds. The number of rotatable bonds is 4. The van der Waals surface area contributed by atoms with Crippen LogP contribution in [0.2, 0.25) is 0 Å². The van der Waals surface area contributed by atoms with Gasteiger partial charge in [-0.25, -0.2) is 4.68 Å². The van der Waals surface area contributed by atoms with Gasteiger partial charge in [-0.1, -0.05) is 18.2 Å². The lowest BCUT2D eigenvalue weighted by molar-refractivity contribution is -0.136. The Kier molecular flexibility index (Phi) is 4.01. The van der Waals surface area contributed by atoms with E-state index in [4.69, 9.17) is 9.84 Å². The number of ether oxygens (including phenoxy) is 1. The minimum absolute atomic E-state index is 0.109. The third-order valence-corrected chi connectivity index (χ3v) is 6.65. The van der Waals surface area contributed by atoms with Crippen LogP contribution in [0.3, 0.4) is 0 Å². The summed E-state index contributed by atoms with van der Waals surface area (Å²) in [7, 11) is 0. The molecule has 3 aliphatic heterocycles. The number of likely N-dealkylation sites (tertiary alicyclic amines) is 1. The molecule has 0 radical (unpaired) electrons. The van der Waals surface area contributed by atoms with Crippen molar-refractivity contribution in [2.45, 2.75) is 31.2 Å². The maximum absolute atomic E-state index is 12.5. The molecule has 7 nitrogen and oxygen atoms in total. The number of hydrogen-bond donors (Lipinski definition) is 0. The van der Waals surface area contributed by atoms with E-state index in [9.17, 15) is 4.79 Å². The molecule has 0 unspecified atom stereocenters. The van der Waals surface area contributed by atoms with Gasteiger partial charge in [0.05, 0.1) is 24.0 Å². The molecule has 6 rings (SSSR count). The quantitative estimate of drug-likeness (QED) is 0.672.